The van der Waals surface area contributed by atoms with Gasteiger partial charge in [-0.1, -0.05) is 0 Å². The van der Waals surface area contributed by atoms with Crippen LogP contribution in [-0.2, 0) is 17.8 Å². The molecule has 0 aliphatic carbocycles. The minimum Gasteiger partial charge on any atom is -0.382 e. The van der Waals surface area contributed by atoms with E-state index in [1.54, 1.807) is 0 Å². The Morgan fingerprint density at radius 3 is 2.90 bits per heavy atom. The number of aryl methyl sites for hydroxylation is 2. The molecular weight excluding hydrogens is 266 g/mol. The van der Waals surface area contributed by atoms with Gasteiger partial charge in [-0.25, -0.2) is 9.97 Å². The summed E-state index contributed by atoms with van der Waals surface area (Å²) in [6.45, 7) is 6.51. The summed E-state index contributed by atoms with van der Waals surface area (Å²) in [5.74, 6) is 0.953. The predicted octanol–water partition coefficient (Wildman–Crippen LogP) is 2.40. The number of rotatable bonds is 11. The van der Waals surface area contributed by atoms with Crippen molar-refractivity contribution in [3.8, 4) is 0 Å². The summed E-state index contributed by atoms with van der Waals surface area (Å²) in [6.07, 6.45) is 12.8. The minimum absolute atomic E-state index is 0.784. The number of anilines is 1. The molecule has 0 fully saturated rings. The molecule has 2 aromatic heterocycles. The summed E-state index contributed by atoms with van der Waals surface area (Å²) in [5.41, 5.74) is 0. The Morgan fingerprint density at radius 2 is 2.10 bits per heavy atom. The molecule has 2 rings (SSSR count). The van der Waals surface area contributed by atoms with E-state index in [4.69, 9.17) is 4.74 Å². The van der Waals surface area contributed by atoms with Gasteiger partial charge in [-0.15, -0.1) is 0 Å². The van der Waals surface area contributed by atoms with E-state index in [2.05, 4.69) is 24.4 Å². The van der Waals surface area contributed by atoms with Gasteiger partial charge in [0, 0.05) is 57.6 Å². The van der Waals surface area contributed by atoms with Gasteiger partial charge in [-0.2, -0.15) is 0 Å². The summed E-state index contributed by atoms with van der Waals surface area (Å²) in [5, 5.41) is 3.40. The van der Waals surface area contributed by atoms with Crippen LogP contribution in [-0.4, -0.2) is 38.9 Å². The molecule has 0 spiro atoms. The molecule has 0 atom stereocenters. The van der Waals surface area contributed by atoms with E-state index < -0.39 is 0 Å². The summed E-state index contributed by atoms with van der Waals surface area (Å²) < 4.78 is 9.61. The summed E-state index contributed by atoms with van der Waals surface area (Å²) in [7, 11) is 0. The van der Waals surface area contributed by atoms with E-state index in [0.29, 0.717) is 0 Å². The topological polar surface area (TPSA) is 56.9 Å². The zero-order chi connectivity index (χ0) is 14.8. The quantitative estimate of drug-likeness (QED) is 0.646. The Hall–Kier alpha value is -1.82. The van der Waals surface area contributed by atoms with Crippen LogP contribution in [0.5, 0.6) is 0 Å². The average molecular weight is 291 g/mol. The van der Waals surface area contributed by atoms with E-state index >= 15 is 0 Å². The monoisotopic (exact) mass is 291 g/mol. The first-order chi connectivity index (χ1) is 10.4. The first-order valence-electron chi connectivity index (χ1n) is 7.68. The number of nitrogens with one attached hydrogen (secondary N) is 1. The highest BCUT2D eigenvalue weighted by Gasteiger charge is 2.01. The number of imidazole rings is 2. The Morgan fingerprint density at radius 1 is 1.14 bits per heavy atom. The third-order valence-corrected chi connectivity index (χ3v) is 3.29. The fourth-order valence-corrected chi connectivity index (χ4v) is 2.18. The number of nitrogens with zero attached hydrogens (tertiary/aromatic N) is 4. The van der Waals surface area contributed by atoms with Gasteiger partial charge in [-0.05, 0) is 26.2 Å². The largest absolute Gasteiger partial charge is 0.382 e. The van der Waals surface area contributed by atoms with E-state index in [1.165, 1.54) is 0 Å². The van der Waals surface area contributed by atoms with Gasteiger partial charge in [0.25, 0.3) is 0 Å². The van der Waals surface area contributed by atoms with Crippen molar-refractivity contribution < 1.29 is 4.74 Å². The molecule has 0 bridgehead atoms. The van der Waals surface area contributed by atoms with Gasteiger partial charge < -0.3 is 19.2 Å². The van der Waals surface area contributed by atoms with Crippen LogP contribution in [0.3, 0.4) is 0 Å². The molecule has 0 aliphatic heterocycles. The van der Waals surface area contributed by atoms with Gasteiger partial charge in [0.1, 0.15) is 0 Å². The highest BCUT2D eigenvalue weighted by molar-refractivity contribution is 5.25. The first-order valence-corrected chi connectivity index (χ1v) is 7.68. The molecular formula is C15H25N5O. The van der Waals surface area contributed by atoms with E-state index in [1.807, 2.05) is 38.0 Å². The highest BCUT2D eigenvalue weighted by Crippen LogP contribution is 2.06. The van der Waals surface area contributed by atoms with E-state index in [0.717, 1.165) is 58.1 Å². The zero-order valence-electron chi connectivity index (χ0n) is 12.7. The van der Waals surface area contributed by atoms with Crippen LogP contribution >= 0.6 is 0 Å². The highest BCUT2D eigenvalue weighted by atomic mass is 16.5. The first kappa shape index (κ1) is 15.6. The Bertz CT molecular complexity index is 480. The van der Waals surface area contributed by atoms with Crippen LogP contribution < -0.4 is 5.32 Å². The van der Waals surface area contributed by atoms with Crippen molar-refractivity contribution in [3.63, 3.8) is 0 Å². The summed E-state index contributed by atoms with van der Waals surface area (Å²) >= 11 is 0. The van der Waals surface area contributed by atoms with Crippen molar-refractivity contribution in [1.29, 1.82) is 0 Å². The molecule has 0 saturated heterocycles. The van der Waals surface area contributed by atoms with Crippen LogP contribution in [0.25, 0.3) is 0 Å². The Kier molecular flexibility index (Phi) is 6.80. The molecule has 0 amide bonds. The predicted molar refractivity (Wildman–Crippen MR) is 83.3 cm³/mol. The molecule has 2 heterocycles. The van der Waals surface area contributed by atoms with Crippen LogP contribution in [0.4, 0.5) is 5.95 Å². The lowest BCUT2D eigenvalue weighted by Crippen LogP contribution is -2.10. The second-order valence-electron chi connectivity index (χ2n) is 4.93. The van der Waals surface area contributed by atoms with Crippen LogP contribution in [0.1, 0.15) is 26.2 Å². The molecule has 0 unspecified atom stereocenters. The van der Waals surface area contributed by atoms with Crippen molar-refractivity contribution in [2.75, 3.05) is 25.1 Å². The van der Waals surface area contributed by atoms with Gasteiger partial charge in [0.2, 0.25) is 5.95 Å². The van der Waals surface area contributed by atoms with E-state index in [9.17, 15) is 0 Å². The number of ether oxygens (including phenoxy) is 1. The Labute approximate surface area is 126 Å². The normalized spacial score (nSPS) is 10.9. The smallest absolute Gasteiger partial charge is 0.202 e. The van der Waals surface area contributed by atoms with Crippen molar-refractivity contribution in [2.24, 2.45) is 0 Å². The summed E-state index contributed by atoms with van der Waals surface area (Å²) in [4.78, 5) is 8.40. The second kappa shape index (κ2) is 9.18. The maximum atomic E-state index is 5.36. The van der Waals surface area contributed by atoms with Gasteiger partial charge in [0.15, 0.2) is 0 Å². The maximum Gasteiger partial charge on any atom is 0.202 e. The molecule has 116 valence electrons. The molecule has 6 heteroatoms. The lowest BCUT2D eigenvalue weighted by molar-refractivity contribution is 0.142. The zero-order valence-corrected chi connectivity index (χ0v) is 12.7. The second-order valence-corrected chi connectivity index (χ2v) is 4.93. The maximum absolute atomic E-state index is 5.36. The number of hydrogen-bond donors (Lipinski definition) is 1. The standard InChI is InChI=1S/C15H25N5O/c1-2-21-13-5-10-20-12-8-18-15(20)17-6-3-4-9-19-11-7-16-14-19/h7-8,11-12,14H,2-6,9-10,13H2,1H3,(H,17,18). The average Bonchev–Trinajstić information content (AvgIpc) is 3.15. The molecule has 21 heavy (non-hydrogen) atoms. The van der Waals surface area contributed by atoms with Crippen LogP contribution in [0, 0.1) is 0 Å². The fraction of sp³-hybridized carbons (Fsp3) is 0.600. The van der Waals surface area contributed by atoms with Crippen LogP contribution in [0.15, 0.2) is 31.1 Å². The molecule has 2 aromatic rings. The van der Waals surface area contributed by atoms with Crippen molar-refractivity contribution >= 4 is 5.95 Å². The molecule has 1 N–H and O–H groups in total. The number of hydrogen-bond acceptors (Lipinski definition) is 4. The lowest BCUT2D eigenvalue weighted by Gasteiger charge is -2.10. The van der Waals surface area contributed by atoms with Gasteiger partial charge in [0.05, 0.1) is 6.33 Å². The number of aromatic nitrogens is 4. The third kappa shape index (κ3) is 5.59. The Balaban J connectivity index is 1.60. The van der Waals surface area contributed by atoms with Crippen molar-refractivity contribution in [2.45, 2.75) is 39.3 Å². The molecule has 0 aromatic carbocycles. The van der Waals surface area contributed by atoms with Crippen molar-refractivity contribution in [1.82, 2.24) is 19.1 Å². The third-order valence-electron chi connectivity index (χ3n) is 3.29. The minimum atomic E-state index is 0.784. The number of unbranched alkanes of at least 4 members (excludes halogenated alkanes) is 1. The molecule has 0 aliphatic rings. The lowest BCUT2D eigenvalue weighted by atomic mass is 10.3. The summed E-state index contributed by atoms with van der Waals surface area (Å²) in [6, 6.07) is 0. The van der Waals surface area contributed by atoms with Crippen LogP contribution in [0.2, 0.25) is 0 Å². The SMILES string of the molecule is CCOCCCn1ccnc1NCCCCn1ccnc1. The van der Waals surface area contributed by atoms with Gasteiger partial charge in [-0.3, -0.25) is 0 Å². The van der Waals surface area contributed by atoms with E-state index in [-0.39, 0.29) is 0 Å². The van der Waals surface area contributed by atoms with Crippen molar-refractivity contribution in [3.05, 3.63) is 31.1 Å². The molecule has 0 saturated carbocycles. The molecule has 6 nitrogen and oxygen atoms in total. The van der Waals surface area contributed by atoms with Gasteiger partial charge >= 0.3 is 0 Å². The molecule has 0 radical (unpaired) electrons. The fourth-order valence-electron chi connectivity index (χ4n) is 2.18.